The average Bonchev–Trinajstić information content (AvgIpc) is 2.81. The molecule has 0 aliphatic heterocycles. The maximum absolute atomic E-state index is 12.8. The van der Waals surface area contributed by atoms with Crippen LogP contribution >= 0.6 is 0 Å². The minimum absolute atomic E-state index is 0.0351. The van der Waals surface area contributed by atoms with Crippen LogP contribution in [0.4, 0.5) is 5.69 Å². The number of ether oxygens (including phenoxy) is 1. The molecule has 0 bridgehead atoms. The Morgan fingerprint density at radius 3 is 2.67 bits per heavy atom. The van der Waals surface area contributed by atoms with E-state index in [1.807, 2.05) is 19.9 Å². The number of fused-ring (bicyclic) bond motifs is 1. The molecular weight excluding hydrogens is 442 g/mol. The van der Waals surface area contributed by atoms with Crippen molar-refractivity contribution in [3.05, 3.63) is 70.9 Å². The van der Waals surface area contributed by atoms with Gasteiger partial charge in [0.25, 0.3) is 15.6 Å². The van der Waals surface area contributed by atoms with Crippen molar-refractivity contribution in [2.75, 3.05) is 11.3 Å². The lowest BCUT2D eigenvalue weighted by atomic mass is 10.1. The van der Waals surface area contributed by atoms with E-state index >= 15 is 0 Å². The number of benzene rings is 1. The zero-order chi connectivity index (χ0) is 23.4. The summed E-state index contributed by atoms with van der Waals surface area (Å²) in [5, 5.41) is 0. The lowest BCUT2D eigenvalue weighted by Crippen LogP contribution is -2.14. The van der Waals surface area contributed by atoms with Gasteiger partial charge in [-0.05, 0) is 55.3 Å². The Labute approximate surface area is 191 Å². The normalized spacial score (nSPS) is 11.5. The molecule has 4 aromatic rings. The highest BCUT2D eigenvalue weighted by Crippen LogP contribution is 2.32. The fourth-order valence-corrected chi connectivity index (χ4v) is 4.48. The molecule has 0 saturated carbocycles. The molecular formula is C23H23N5O4S. The topological polar surface area (TPSA) is 127 Å². The lowest BCUT2D eigenvalue weighted by molar-refractivity contribution is 0.341. The summed E-state index contributed by atoms with van der Waals surface area (Å²) < 4.78 is 33.8. The molecule has 0 saturated heterocycles. The second-order valence-electron chi connectivity index (χ2n) is 7.27. The first-order chi connectivity index (χ1) is 15.9. The van der Waals surface area contributed by atoms with Gasteiger partial charge in [0, 0.05) is 24.3 Å². The number of nitrogens with one attached hydrogen (secondary N) is 2. The summed E-state index contributed by atoms with van der Waals surface area (Å²) in [6, 6.07) is 9.66. The maximum Gasteiger partial charge on any atom is 0.277 e. The fraction of sp³-hybridized carbons (Fsp3) is 0.217. The van der Waals surface area contributed by atoms with Crippen molar-refractivity contribution in [3.8, 4) is 17.1 Å². The average molecular weight is 466 g/mol. The van der Waals surface area contributed by atoms with Gasteiger partial charge in [-0.3, -0.25) is 14.5 Å². The van der Waals surface area contributed by atoms with Gasteiger partial charge in [0.15, 0.2) is 5.52 Å². The number of aryl methyl sites for hydroxylation is 1. The number of aromatic amines is 1. The van der Waals surface area contributed by atoms with Gasteiger partial charge in [-0.25, -0.2) is 18.4 Å². The predicted molar refractivity (Wildman–Crippen MR) is 126 cm³/mol. The van der Waals surface area contributed by atoms with Gasteiger partial charge in [-0.1, -0.05) is 13.3 Å². The SMILES string of the molecule is CCCc1ccnc2c(=O)[nH]c(-c3cc(NS(=O)(=O)c4cccnc4)ccc3OCC)nc12. The minimum Gasteiger partial charge on any atom is -0.493 e. The van der Waals surface area contributed by atoms with Crippen molar-refractivity contribution in [1.82, 2.24) is 19.9 Å². The number of hydrogen-bond donors (Lipinski definition) is 2. The van der Waals surface area contributed by atoms with Crippen molar-refractivity contribution in [2.45, 2.75) is 31.6 Å². The van der Waals surface area contributed by atoms with Crippen molar-refractivity contribution >= 4 is 26.7 Å². The van der Waals surface area contributed by atoms with Crippen LogP contribution in [0.1, 0.15) is 25.8 Å². The number of anilines is 1. The summed E-state index contributed by atoms with van der Waals surface area (Å²) in [4.78, 5) is 28.3. The summed E-state index contributed by atoms with van der Waals surface area (Å²) in [6.45, 7) is 4.27. The van der Waals surface area contributed by atoms with Crippen LogP contribution in [0.25, 0.3) is 22.4 Å². The molecule has 0 radical (unpaired) electrons. The molecule has 9 nitrogen and oxygen atoms in total. The van der Waals surface area contributed by atoms with Crippen LogP contribution in [0.2, 0.25) is 0 Å². The van der Waals surface area contributed by atoms with E-state index in [4.69, 9.17) is 4.74 Å². The van der Waals surface area contributed by atoms with Gasteiger partial charge in [0.2, 0.25) is 0 Å². The summed E-state index contributed by atoms with van der Waals surface area (Å²) in [7, 11) is -3.85. The van der Waals surface area contributed by atoms with Gasteiger partial charge >= 0.3 is 0 Å². The number of pyridine rings is 2. The lowest BCUT2D eigenvalue weighted by Gasteiger charge is -2.14. The van der Waals surface area contributed by atoms with Crippen LogP contribution in [0.3, 0.4) is 0 Å². The van der Waals surface area contributed by atoms with Crippen LogP contribution in [0.5, 0.6) is 5.75 Å². The Morgan fingerprint density at radius 2 is 1.94 bits per heavy atom. The fourth-order valence-electron chi connectivity index (χ4n) is 3.47. The smallest absolute Gasteiger partial charge is 0.277 e. The summed E-state index contributed by atoms with van der Waals surface area (Å²) in [6.07, 6.45) is 6.00. The molecule has 33 heavy (non-hydrogen) atoms. The molecule has 0 amide bonds. The number of hydrogen-bond acceptors (Lipinski definition) is 7. The Hall–Kier alpha value is -3.79. The number of nitrogens with zero attached hydrogens (tertiary/aromatic N) is 3. The van der Waals surface area contributed by atoms with Gasteiger partial charge in [-0.2, -0.15) is 0 Å². The Morgan fingerprint density at radius 1 is 1.09 bits per heavy atom. The molecule has 1 aromatic carbocycles. The van der Waals surface area contributed by atoms with E-state index in [9.17, 15) is 13.2 Å². The van der Waals surface area contributed by atoms with E-state index < -0.39 is 10.0 Å². The van der Waals surface area contributed by atoms with E-state index in [2.05, 4.69) is 24.7 Å². The highest BCUT2D eigenvalue weighted by atomic mass is 32.2. The number of sulfonamides is 1. The van der Waals surface area contributed by atoms with E-state index in [1.54, 1.807) is 30.5 Å². The molecule has 0 spiro atoms. The molecule has 0 unspecified atom stereocenters. The molecule has 4 rings (SSSR count). The third-order valence-corrected chi connectivity index (χ3v) is 6.30. The van der Waals surface area contributed by atoms with Gasteiger partial charge in [0.05, 0.1) is 12.2 Å². The summed E-state index contributed by atoms with van der Waals surface area (Å²) >= 11 is 0. The van der Waals surface area contributed by atoms with Crippen LogP contribution < -0.4 is 15.0 Å². The molecule has 10 heteroatoms. The highest BCUT2D eigenvalue weighted by molar-refractivity contribution is 7.92. The number of aromatic nitrogens is 4. The van der Waals surface area contributed by atoms with E-state index in [0.717, 1.165) is 18.4 Å². The van der Waals surface area contributed by atoms with Crippen LogP contribution in [0, 0.1) is 0 Å². The predicted octanol–water partition coefficient (Wildman–Crippen LogP) is 3.53. The molecule has 2 N–H and O–H groups in total. The molecule has 0 aliphatic carbocycles. The van der Waals surface area contributed by atoms with Crippen molar-refractivity contribution in [1.29, 1.82) is 0 Å². The Bertz CT molecular complexity index is 1450. The van der Waals surface area contributed by atoms with Crippen molar-refractivity contribution in [3.63, 3.8) is 0 Å². The molecule has 0 aliphatic rings. The monoisotopic (exact) mass is 465 g/mol. The quantitative estimate of drug-likeness (QED) is 0.407. The molecule has 0 fully saturated rings. The molecule has 0 atom stereocenters. The van der Waals surface area contributed by atoms with E-state index in [1.165, 1.54) is 18.5 Å². The van der Waals surface area contributed by atoms with Gasteiger partial charge in [-0.15, -0.1) is 0 Å². The van der Waals surface area contributed by atoms with Crippen LogP contribution in [0.15, 0.2) is 64.7 Å². The first kappa shape index (κ1) is 22.4. The Balaban J connectivity index is 1.84. The Kier molecular flexibility index (Phi) is 6.36. The third kappa shape index (κ3) is 4.70. The standard InChI is InChI=1S/C23H23N5O4S/c1-3-6-15-10-12-25-21-20(15)26-22(27-23(21)29)18-13-16(8-9-19(18)32-4-2)28-33(30,31)17-7-5-11-24-14-17/h5,7-14,28H,3-4,6H2,1-2H3,(H,26,27,29). The van der Waals surface area contributed by atoms with E-state index in [0.29, 0.717) is 29.1 Å². The van der Waals surface area contributed by atoms with E-state index in [-0.39, 0.29) is 21.8 Å². The summed E-state index contributed by atoms with van der Waals surface area (Å²) in [5.74, 6) is 0.731. The first-order valence-corrected chi connectivity index (χ1v) is 12.0. The van der Waals surface area contributed by atoms with Crippen LogP contribution in [-0.4, -0.2) is 35.0 Å². The summed E-state index contributed by atoms with van der Waals surface area (Å²) in [5.41, 5.74) is 2.06. The van der Waals surface area contributed by atoms with Crippen LogP contribution in [-0.2, 0) is 16.4 Å². The number of H-pyrrole nitrogens is 1. The zero-order valence-corrected chi connectivity index (χ0v) is 19.0. The first-order valence-electron chi connectivity index (χ1n) is 10.5. The van der Waals surface area contributed by atoms with Crippen molar-refractivity contribution in [2.24, 2.45) is 0 Å². The zero-order valence-electron chi connectivity index (χ0n) is 18.2. The second-order valence-corrected chi connectivity index (χ2v) is 8.95. The maximum atomic E-state index is 12.8. The molecule has 3 heterocycles. The van der Waals surface area contributed by atoms with Crippen molar-refractivity contribution < 1.29 is 13.2 Å². The second kappa shape index (κ2) is 9.37. The molecule has 3 aromatic heterocycles. The van der Waals surface area contributed by atoms with Gasteiger partial charge in [0.1, 0.15) is 22.0 Å². The minimum atomic E-state index is -3.85. The third-order valence-electron chi connectivity index (χ3n) is 4.93. The largest absolute Gasteiger partial charge is 0.493 e. The molecule has 170 valence electrons. The number of rotatable bonds is 8. The van der Waals surface area contributed by atoms with Gasteiger partial charge < -0.3 is 9.72 Å². The highest BCUT2D eigenvalue weighted by Gasteiger charge is 2.18.